The Morgan fingerprint density at radius 2 is 2.00 bits per heavy atom. The van der Waals surface area contributed by atoms with Crippen molar-refractivity contribution in [3.63, 3.8) is 0 Å². The van der Waals surface area contributed by atoms with Gasteiger partial charge in [-0.15, -0.1) is 0 Å². The van der Waals surface area contributed by atoms with Gasteiger partial charge in [0.1, 0.15) is 0 Å². The summed E-state index contributed by atoms with van der Waals surface area (Å²) in [7, 11) is 0. The van der Waals surface area contributed by atoms with E-state index in [0.29, 0.717) is 5.92 Å². The Morgan fingerprint density at radius 1 is 1.24 bits per heavy atom. The van der Waals surface area contributed by atoms with Crippen molar-refractivity contribution in [1.82, 2.24) is 9.97 Å². The van der Waals surface area contributed by atoms with Crippen LogP contribution in [-0.2, 0) is 0 Å². The van der Waals surface area contributed by atoms with Gasteiger partial charge in [-0.25, -0.2) is 9.97 Å². The van der Waals surface area contributed by atoms with Gasteiger partial charge in [0.15, 0.2) is 0 Å². The monoisotopic (exact) mass is 237 g/mol. The normalized spacial score (nSPS) is 10.9. The molecule has 1 heterocycles. The topological polar surface area (TPSA) is 58.0 Å². The molecule has 0 atom stereocenters. The van der Waals surface area contributed by atoms with E-state index >= 15 is 0 Å². The van der Waals surface area contributed by atoms with Crippen molar-refractivity contribution < 1.29 is 5.11 Å². The molecule has 0 fully saturated rings. The zero-order chi connectivity index (χ0) is 12.7. The highest BCUT2D eigenvalue weighted by Crippen LogP contribution is 2.14. The average Bonchev–Trinajstić information content (AvgIpc) is 2.28. The van der Waals surface area contributed by atoms with E-state index in [1.807, 2.05) is 13.0 Å². The molecule has 0 saturated heterocycles. The fourth-order valence-electron chi connectivity index (χ4n) is 1.58. The van der Waals surface area contributed by atoms with Crippen LogP contribution in [0.15, 0.2) is 6.07 Å². The lowest BCUT2D eigenvalue weighted by Gasteiger charge is -2.09. The van der Waals surface area contributed by atoms with Crippen LogP contribution >= 0.6 is 0 Å². The minimum Gasteiger partial charge on any atom is -0.396 e. The Labute approximate surface area is 103 Å². The largest absolute Gasteiger partial charge is 0.396 e. The summed E-state index contributed by atoms with van der Waals surface area (Å²) in [5.74, 6) is 1.14. The van der Waals surface area contributed by atoms with Gasteiger partial charge < -0.3 is 10.4 Å². The summed E-state index contributed by atoms with van der Waals surface area (Å²) in [6.45, 7) is 7.39. The van der Waals surface area contributed by atoms with Crippen LogP contribution in [0, 0.1) is 6.92 Å². The fraction of sp³-hybridized carbons (Fsp3) is 0.692. The van der Waals surface area contributed by atoms with Crippen molar-refractivity contribution in [3.8, 4) is 0 Å². The number of aliphatic hydroxyl groups is 1. The molecular weight excluding hydrogens is 214 g/mol. The first kappa shape index (κ1) is 13.9. The Kier molecular flexibility index (Phi) is 5.91. The molecule has 1 rings (SSSR count). The first-order valence-electron chi connectivity index (χ1n) is 6.33. The third kappa shape index (κ3) is 5.13. The van der Waals surface area contributed by atoms with Crippen LogP contribution in [0.5, 0.6) is 0 Å². The molecule has 0 aromatic carbocycles. The number of hydrogen-bond donors (Lipinski definition) is 2. The van der Waals surface area contributed by atoms with Gasteiger partial charge in [0.25, 0.3) is 0 Å². The number of aryl methyl sites for hydroxylation is 1. The molecule has 2 N–H and O–H groups in total. The predicted octanol–water partition coefficient (Wildman–Crippen LogP) is 2.48. The highest BCUT2D eigenvalue weighted by Gasteiger charge is 2.05. The van der Waals surface area contributed by atoms with Crippen molar-refractivity contribution in [2.45, 2.75) is 46.0 Å². The van der Waals surface area contributed by atoms with Gasteiger partial charge in [-0.2, -0.15) is 0 Å². The SMILES string of the molecule is Cc1cc(C(C)C)nc(NCCCCCO)n1. The van der Waals surface area contributed by atoms with Crippen molar-refractivity contribution in [2.75, 3.05) is 18.5 Å². The predicted molar refractivity (Wildman–Crippen MR) is 70.3 cm³/mol. The fourth-order valence-corrected chi connectivity index (χ4v) is 1.58. The Hall–Kier alpha value is -1.16. The first-order chi connectivity index (χ1) is 8.13. The molecule has 0 aliphatic carbocycles. The van der Waals surface area contributed by atoms with Gasteiger partial charge in [0.05, 0.1) is 0 Å². The van der Waals surface area contributed by atoms with Gasteiger partial charge in [-0.05, 0) is 38.2 Å². The van der Waals surface area contributed by atoms with E-state index in [4.69, 9.17) is 5.11 Å². The lowest BCUT2D eigenvalue weighted by molar-refractivity contribution is 0.283. The molecule has 0 radical (unpaired) electrons. The van der Waals surface area contributed by atoms with E-state index in [-0.39, 0.29) is 6.61 Å². The number of nitrogens with one attached hydrogen (secondary N) is 1. The lowest BCUT2D eigenvalue weighted by atomic mass is 10.1. The zero-order valence-electron chi connectivity index (χ0n) is 11.0. The lowest BCUT2D eigenvalue weighted by Crippen LogP contribution is -2.08. The quantitative estimate of drug-likeness (QED) is 0.715. The second-order valence-electron chi connectivity index (χ2n) is 4.62. The third-order valence-corrected chi connectivity index (χ3v) is 2.58. The summed E-state index contributed by atoms with van der Waals surface area (Å²) < 4.78 is 0. The Morgan fingerprint density at radius 3 is 2.65 bits per heavy atom. The second-order valence-corrected chi connectivity index (χ2v) is 4.62. The minimum atomic E-state index is 0.276. The average molecular weight is 237 g/mol. The maximum absolute atomic E-state index is 8.67. The molecular formula is C13H23N3O. The van der Waals surface area contributed by atoms with Crippen molar-refractivity contribution in [2.24, 2.45) is 0 Å². The number of nitrogens with zero attached hydrogens (tertiary/aromatic N) is 2. The Bertz CT molecular complexity index is 339. The minimum absolute atomic E-state index is 0.276. The summed E-state index contributed by atoms with van der Waals surface area (Å²) in [6.07, 6.45) is 2.94. The summed E-state index contributed by atoms with van der Waals surface area (Å²) >= 11 is 0. The molecule has 1 aromatic heterocycles. The second kappa shape index (κ2) is 7.22. The highest BCUT2D eigenvalue weighted by molar-refractivity contribution is 5.28. The molecule has 0 spiro atoms. The van der Waals surface area contributed by atoms with Gasteiger partial charge in [-0.3, -0.25) is 0 Å². The van der Waals surface area contributed by atoms with E-state index in [1.165, 1.54) is 0 Å². The van der Waals surface area contributed by atoms with Crippen molar-refractivity contribution in [3.05, 3.63) is 17.5 Å². The van der Waals surface area contributed by atoms with E-state index < -0.39 is 0 Å². The number of aliphatic hydroxyl groups excluding tert-OH is 1. The van der Waals surface area contributed by atoms with Gasteiger partial charge in [0.2, 0.25) is 5.95 Å². The van der Waals surface area contributed by atoms with E-state index in [0.717, 1.165) is 43.1 Å². The van der Waals surface area contributed by atoms with Crippen LogP contribution in [-0.4, -0.2) is 28.2 Å². The van der Waals surface area contributed by atoms with Crippen LogP contribution in [0.4, 0.5) is 5.95 Å². The molecule has 0 bridgehead atoms. The van der Waals surface area contributed by atoms with Crippen molar-refractivity contribution in [1.29, 1.82) is 0 Å². The van der Waals surface area contributed by atoms with E-state index in [2.05, 4.69) is 29.1 Å². The summed E-state index contributed by atoms with van der Waals surface area (Å²) in [4.78, 5) is 8.84. The molecule has 0 unspecified atom stereocenters. The number of rotatable bonds is 7. The summed E-state index contributed by atoms with van der Waals surface area (Å²) in [6, 6.07) is 2.03. The van der Waals surface area contributed by atoms with Gasteiger partial charge in [0, 0.05) is 24.5 Å². The third-order valence-electron chi connectivity index (χ3n) is 2.58. The molecule has 0 aliphatic rings. The molecule has 0 amide bonds. The molecule has 4 nitrogen and oxygen atoms in total. The van der Waals surface area contributed by atoms with Crippen molar-refractivity contribution >= 4 is 5.95 Å². The molecule has 17 heavy (non-hydrogen) atoms. The maximum Gasteiger partial charge on any atom is 0.223 e. The summed E-state index contributed by atoms with van der Waals surface area (Å²) in [5.41, 5.74) is 2.08. The number of anilines is 1. The van der Waals surface area contributed by atoms with E-state index in [1.54, 1.807) is 0 Å². The van der Waals surface area contributed by atoms with E-state index in [9.17, 15) is 0 Å². The number of aromatic nitrogens is 2. The summed E-state index contributed by atoms with van der Waals surface area (Å²) in [5, 5.41) is 11.9. The standard InChI is InChI=1S/C13H23N3O/c1-10(2)12-9-11(3)15-13(16-12)14-7-5-4-6-8-17/h9-10,17H,4-8H2,1-3H3,(H,14,15,16). The van der Waals surface area contributed by atoms with Crippen LogP contribution in [0.25, 0.3) is 0 Å². The van der Waals surface area contributed by atoms with Gasteiger partial charge in [-0.1, -0.05) is 13.8 Å². The molecule has 1 aromatic rings. The molecule has 0 aliphatic heterocycles. The van der Waals surface area contributed by atoms with Crippen LogP contribution < -0.4 is 5.32 Å². The molecule has 96 valence electrons. The van der Waals surface area contributed by atoms with Gasteiger partial charge >= 0.3 is 0 Å². The number of hydrogen-bond acceptors (Lipinski definition) is 4. The highest BCUT2D eigenvalue weighted by atomic mass is 16.2. The number of unbranched alkanes of at least 4 members (excludes halogenated alkanes) is 2. The van der Waals surface area contributed by atoms with Crippen LogP contribution in [0.2, 0.25) is 0 Å². The molecule has 4 heteroatoms. The van der Waals surface area contributed by atoms with Crippen LogP contribution in [0.3, 0.4) is 0 Å². The molecule has 0 saturated carbocycles. The first-order valence-corrected chi connectivity index (χ1v) is 6.33. The maximum atomic E-state index is 8.67. The smallest absolute Gasteiger partial charge is 0.223 e. The Balaban J connectivity index is 2.47. The zero-order valence-corrected chi connectivity index (χ0v) is 11.0. The van der Waals surface area contributed by atoms with Crippen LogP contribution in [0.1, 0.15) is 50.4 Å².